The summed E-state index contributed by atoms with van der Waals surface area (Å²) in [6.45, 7) is 5.50. The number of halogens is 2. The number of nitrogens with zero attached hydrogens (tertiary/aromatic N) is 2. The van der Waals surface area contributed by atoms with Crippen molar-refractivity contribution in [3.05, 3.63) is 65.1 Å². The maximum Gasteiger partial charge on any atom is 0.270 e. The third kappa shape index (κ3) is 6.30. The number of unbranched alkanes of at least 4 members (excludes halogenated alkanes) is 1. The molecule has 2 aromatic heterocycles. The quantitative estimate of drug-likeness (QED) is 0.366. The summed E-state index contributed by atoms with van der Waals surface area (Å²) in [6, 6.07) is 6.99. The minimum absolute atomic E-state index is 0.0438. The maximum absolute atomic E-state index is 14.0. The van der Waals surface area contributed by atoms with E-state index < -0.39 is 11.6 Å². The van der Waals surface area contributed by atoms with Gasteiger partial charge in [0, 0.05) is 32.4 Å². The molecule has 184 valence electrons. The first-order valence-corrected chi connectivity index (χ1v) is 11.5. The number of aryl methyl sites for hydroxylation is 1. The van der Waals surface area contributed by atoms with E-state index in [1.807, 2.05) is 0 Å². The zero-order valence-electron chi connectivity index (χ0n) is 19.9. The number of ether oxygens (including phenoxy) is 2. The highest BCUT2D eigenvalue weighted by Crippen LogP contribution is 2.24. The number of carbonyl (C=O) groups is 1. The molecule has 1 aromatic carbocycles. The molecule has 0 aliphatic carbocycles. The van der Waals surface area contributed by atoms with Crippen molar-refractivity contribution in [1.82, 2.24) is 20.0 Å². The number of pyridine rings is 1. The monoisotopic (exact) mass is 474 g/mol. The van der Waals surface area contributed by atoms with Gasteiger partial charge in [-0.1, -0.05) is 25.8 Å². The van der Waals surface area contributed by atoms with Gasteiger partial charge in [-0.3, -0.25) is 9.20 Å². The Bertz CT molecular complexity index is 1080. The van der Waals surface area contributed by atoms with E-state index in [1.54, 1.807) is 36.8 Å². The highest BCUT2D eigenvalue weighted by molar-refractivity contribution is 5.95. The van der Waals surface area contributed by atoms with Gasteiger partial charge < -0.3 is 20.1 Å². The van der Waals surface area contributed by atoms with Crippen LogP contribution in [0.15, 0.2) is 36.5 Å². The van der Waals surface area contributed by atoms with Gasteiger partial charge >= 0.3 is 0 Å². The summed E-state index contributed by atoms with van der Waals surface area (Å²) >= 11 is 0. The molecule has 0 aliphatic heterocycles. The second-order valence-corrected chi connectivity index (χ2v) is 8.11. The minimum Gasteiger partial charge on any atom is -0.485 e. The van der Waals surface area contributed by atoms with Crippen molar-refractivity contribution in [2.75, 3.05) is 26.8 Å². The van der Waals surface area contributed by atoms with E-state index in [0.717, 1.165) is 19.3 Å². The van der Waals surface area contributed by atoms with Gasteiger partial charge in [-0.2, -0.15) is 0 Å². The number of benzene rings is 1. The highest BCUT2D eigenvalue weighted by atomic mass is 19.1. The molecular formula is C25H32F2N4O3. The second-order valence-electron chi connectivity index (χ2n) is 8.11. The molecule has 1 amide bonds. The van der Waals surface area contributed by atoms with Crippen LogP contribution >= 0.6 is 0 Å². The first kappa shape index (κ1) is 25.6. The zero-order chi connectivity index (χ0) is 24.5. The fraction of sp³-hybridized carbons (Fsp3) is 0.440. The Balaban J connectivity index is 1.78. The SMILES string of the molecule is CCCC[C@H](CNCCOC)NC(=O)c1c(C)nc2c(OCc3c(F)cccc3F)cccn12. The molecule has 0 radical (unpaired) electrons. The molecule has 9 heteroatoms. The van der Waals surface area contributed by atoms with Gasteiger partial charge in [0.15, 0.2) is 11.4 Å². The number of nitrogens with one attached hydrogen (secondary N) is 2. The van der Waals surface area contributed by atoms with Crippen molar-refractivity contribution in [2.24, 2.45) is 0 Å². The number of hydrogen-bond donors (Lipinski definition) is 2. The van der Waals surface area contributed by atoms with Gasteiger partial charge in [-0.05, 0) is 37.6 Å². The second kappa shape index (κ2) is 12.4. The predicted molar refractivity (Wildman–Crippen MR) is 126 cm³/mol. The van der Waals surface area contributed by atoms with Crippen LogP contribution in [0.3, 0.4) is 0 Å². The number of amides is 1. The highest BCUT2D eigenvalue weighted by Gasteiger charge is 2.22. The largest absolute Gasteiger partial charge is 0.485 e. The lowest BCUT2D eigenvalue weighted by Crippen LogP contribution is -2.43. The first-order chi connectivity index (χ1) is 16.5. The summed E-state index contributed by atoms with van der Waals surface area (Å²) in [6.07, 6.45) is 4.59. The number of rotatable bonds is 13. The number of aromatic nitrogens is 2. The molecule has 1 atom stereocenters. The Kier molecular flexibility index (Phi) is 9.35. The Morgan fingerprint density at radius 1 is 1.21 bits per heavy atom. The zero-order valence-corrected chi connectivity index (χ0v) is 19.9. The average Bonchev–Trinajstić information content (AvgIpc) is 3.16. The molecule has 3 rings (SSSR count). The summed E-state index contributed by atoms with van der Waals surface area (Å²) in [4.78, 5) is 17.7. The molecule has 3 aromatic rings. The molecule has 2 N–H and O–H groups in total. The molecule has 2 heterocycles. The van der Waals surface area contributed by atoms with Crippen LogP contribution in [0.4, 0.5) is 8.78 Å². The van der Waals surface area contributed by atoms with Crippen LogP contribution < -0.4 is 15.4 Å². The third-order valence-corrected chi connectivity index (χ3v) is 5.55. The summed E-state index contributed by atoms with van der Waals surface area (Å²) in [7, 11) is 1.65. The normalized spacial score (nSPS) is 12.1. The van der Waals surface area contributed by atoms with Crippen molar-refractivity contribution in [1.29, 1.82) is 0 Å². The standard InChI is InChI=1S/C25H32F2N4O3/c1-4-5-8-18(15-28-12-14-33-3)30-25(32)23-17(2)29-24-22(11-7-13-31(23)24)34-16-19-20(26)9-6-10-21(19)27/h6-7,9-11,13,18,28H,4-5,8,12,14-16H2,1-3H3,(H,30,32)/t18-/m1/s1. The summed E-state index contributed by atoms with van der Waals surface area (Å²) in [5, 5.41) is 6.42. The van der Waals surface area contributed by atoms with Crippen molar-refractivity contribution in [2.45, 2.75) is 45.8 Å². The molecule has 7 nitrogen and oxygen atoms in total. The van der Waals surface area contributed by atoms with E-state index in [1.165, 1.54) is 18.2 Å². The molecule has 0 saturated heterocycles. The number of carbonyl (C=O) groups excluding carboxylic acids is 1. The van der Waals surface area contributed by atoms with Crippen molar-refractivity contribution in [3.63, 3.8) is 0 Å². The Labute approximate surface area is 198 Å². The molecule has 0 aliphatic rings. The summed E-state index contributed by atoms with van der Waals surface area (Å²) in [5.74, 6) is -1.26. The van der Waals surface area contributed by atoms with Crippen molar-refractivity contribution < 1.29 is 23.0 Å². The van der Waals surface area contributed by atoms with Gasteiger partial charge in [0.2, 0.25) is 0 Å². The summed E-state index contributed by atoms with van der Waals surface area (Å²) in [5.41, 5.74) is 1.18. The maximum atomic E-state index is 14.0. The van der Waals surface area contributed by atoms with Crippen LogP contribution in [0.1, 0.15) is 47.9 Å². The van der Waals surface area contributed by atoms with Crippen LogP contribution in [0.5, 0.6) is 5.75 Å². The van der Waals surface area contributed by atoms with E-state index in [0.29, 0.717) is 42.5 Å². The minimum atomic E-state index is -0.677. The van der Waals surface area contributed by atoms with E-state index in [9.17, 15) is 13.6 Å². The van der Waals surface area contributed by atoms with E-state index >= 15 is 0 Å². The molecule has 0 fully saturated rings. The fourth-order valence-corrected chi connectivity index (χ4v) is 3.74. The van der Waals surface area contributed by atoms with Crippen LogP contribution in [0, 0.1) is 18.6 Å². The van der Waals surface area contributed by atoms with Gasteiger partial charge in [0.1, 0.15) is 23.9 Å². The third-order valence-electron chi connectivity index (χ3n) is 5.55. The lowest BCUT2D eigenvalue weighted by Gasteiger charge is -2.19. The van der Waals surface area contributed by atoms with Crippen molar-refractivity contribution in [3.8, 4) is 5.75 Å². The van der Waals surface area contributed by atoms with Crippen molar-refractivity contribution >= 4 is 11.6 Å². The molecule has 0 bridgehead atoms. The average molecular weight is 475 g/mol. The lowest BCUT2D eigenvalue weighted by molar-refractivity contribution is 0.0926. The lowest BCUT2D eigenvalue weighted by atomic mass is 10.1. The van der Waals surface area contributed by atoms with E-state index in [-0.39, 0.29) is 24.1 Å². The van der Waals surface area contributed by atoms with E-state index in [4.69, 9.17) is 9.47 Å². The topological polar surface area (TPSA) is 76.9 Å². The van der Waals surface area contributed by atoms with Gasteiger partial charge in [-0.25, -0.2) is 13.8 Å². The number of fused-ring (bicyclic) bond motifs is 1. The Morgan fingerprint density at radius 2 is 1.97 bits per heavy atom. The molecule has 0 unspecified atom stereocenters. The Hall–Kier alpha value is -3.04. The number of hydrogen-bond acceptors (Lipinski definition) is 5. The Morgan fingerprint density at radius 3 is 2.68 bits per heavy atom. The van der Waals surface area contributed by atoms with Gasteiger partial charge in [0.25, 0.3) is 5.91 Å². The van der Waals surface area contributed by atoms with Crippen LogP contribution in [0.2, 0.25) is 0 Å². The fourth-order valence-electron chi connectivity index (χ4n) is 3.74. The summed E-state index contributed by atoms with van der Waals surface area (Å²) < 4.78 is 40.4. The van der Waals surface area contributed by atoms with E-state index in [2.05, 4.69) is 22.5 Å². The molecule has 0 spiro atoms. The molecule has 34 heavy (non-hydrogen) atoms. The van der Waals surface area contributed by atoms with Gasteiger partial charge in [0.05, 0.1) is 17.9 Å². The van der Waals surface area contributed by atoms with Crippen LogP contribution in [-0.2, 0) is 11.3 Å². The molecule has 0 saturated carbocycles. The van der Waals surface area contributed by atoms with Crippen LogP contribution in [-0.4, -0.2) is 48.1 Å². The van der Waals surface area contributed by atoms with Gasteiger partial charge in [-0.15, -0.1) is 0 Å². The smallest absolute Gasteiger partial charge is 0.270 e. The predicted octanol–water partition coefficient (Wildman–Crippen LogP) is 4.02. The van der Waals surface area contributed by atoms with Crippen LogP contribution in [0.25, 0.3) is 5.65 Å². The first-order valence-electron chi connectivity index (χ1n) is 11.5. The molecular weight excluding hydrogens is 442 g/mol. The number of imidazole rings is 1. The number of methoxy groups -OCH3 is 1.